The summed E-state index contributed by atoms with van der Waals surface area (Å²) < 4.78 is 1.37. The van der Waals surface area contributed by atoms with Crippen molar-refractivity contribution < 1.29 is 4.79 Å². The second kappa shape index (κ2) is 6.83. The monoisotopic (exact) mass is 359 g/mol. The average Bonchev–Trinajstić information content (AvgIpc) is 3.00. The van der Waals surface area contributed by atoms with Crippen LogP contribution >= 0.6 is 0 Å². The van der Waals surface area contributed by atoms with E-state index in [1.54, 1.807) is 4.90 Å². The van der Waals surface area contributed by atoms with Gasteiger partial charge in [0, 0.05) is 23.4 Å². The molecule has 136 valence electrons. The van der Waals surface area contributed by atoms with Crippen LogP contribution in [-0.2, 0) is 17.8 Å². The van der Waals surface area contributed by atoms with Crippen molar-refractivity contribution in [3.05, 3.63) is 82.4 Å². The second-order valence-electron chi connectivity index (χ2n) is 7.05. The first-order valence-corrected chi connectivity index (χ1v) is 9.06. The SMILES string of the molecule is Cc1ccc(-c2cc(=O)n(CC(=O)N3c4ccccc4C[C@H]3C)cn2)cc1. The fourth-order valence-electron chi connectivity index (χ4n) is 3.59. The minimum Gasteiger partial charge on any atom is -0.307 e. The Morgan fingerprint density at radius 3 is 2.63 bits per heavy atom. The fraction of sp³-hybridized carbons (Fsp3) is 0.227. The van der Waals surface area contributed by atoms with E-state index in [2.05, 4.69) is 4.98 Å². The van der Waals surface area contributed by atoms with Crippen LogP contribution in [0.4, 0.5) is 5.69 Å². The molecular formula is C22H21N3O2. The first kappa shape index (κ1) is 17.2. The number of fused-ring (bicyclic) bond motifs is 1. The van der Waals surface area contributed by atoms with Crippen molar-refractivity contribution in [1.29, 1.82) is 0 Å². The number of carbonyl (C=O) groups excluding carboxylic acids is 1. The molecule has 4 rings (SSSR count). The number of amides is 1. The molecule has 1 atom stereocenters. The Balaban J connectivity index is 1.57. The molecule has 0 spiro atoms. The Kier molecular flexibility index (Phi) is 4.36. The minimum absolute atomic E-state index is 0.0152. The molecule has 3 aromatic rings. The van der Waals surface area contributed by atoms with Crippen molar-refractivity contribution in [2.24, 2.45) is 0 Å². The Bertz CT molecular complexity index is 1050. The van der Waals surface area contributed by atoms with Crippen LogP contribution in [0, 0.1) is 6.92 Å². The third-order valence-electron chi connectivity index (χ3n) is 5.01. The molecule has 0 saturated heterocycles. The standard InChI is InChI=1S/C22H21N3O2/c1-15-7-9-17(10-8-15)19-12-21(26)24(14-23-19)13-22(27)25-16(2)11-18-5-3-4-6-20(18)25/h3-10,12,14,16H,11,13H2,1-2H3/t16-/m1/s1. The molecule has 1 aliphatic heterocycles. The largest absolute Gasteiger partial charge is 0.307 e. The van der Waals surface area contributed by atoms with Crippen molar-refractivity contribution in [3.8, 4) is 11.3 Å². The Morgan fingerprint density at radius 1 is 1.15 bits per heavy atom. The molecule has 5 heteroatoms. The number of aryl methyl sites for hydroxylation is 1. The molecule has 1 aliphatic rings. The lowest BCUT2D eigenvalue weighted by Crippen LogP contribution is -2.39. The van der Waals surface area contributed by atoms with Crippen LogP contribution in [0.2, 0.25) is 0 Å². The predicted octanol–water partition coefficient (Wildman–Crippen LogP) is 3.20. The number of benzene rings is 2. The van der Waals surface area contributed by atoms with Gasteiger partial charge in [0.1, 0.15) is 6.54 Å². The lowest BCUT2D eigenvalue weighted by atomic mass is 10.1. The highest BCUT2D eigenvalue weighted by atomic mass is 16.2. The van der Waals surface area contributed by atoms with Crippen LogP contribution in [0.1, 0.15) is 18.1 Å². The van der Waals surface area contributed by atoms with E-state index in [9.17, 15) is 9.59 Å². The Morgan fingerprint density at radius 2 is 1.89 bits per heavy atom. The summed E-state index contributed by atoms with van der Waals surface area (Å²) in [6.45, 7) is 4.02. The number of aromatic nitrogens is 2. The zero-order valence-corrected chi connectivity index (χ0v) is 15.4. The highest BCUT2D eigenvalue weighted by molar-refractivity contribution is 5.96. The normalized spacial score (nSPS) is 15.6. The van der Waals surface area contributed by atoms with Gasteiger partial charge in [0.05, 0.1) is 12.0 Å². The van der Waals surface area contributed by atoms with Crippen molar-refractivity contribution >= 4 is 11.6 Å². The van der Waals surface area contributed by atoms with E-state index >= 15 is 0 Å². The van der Waals surface area contributed by atoms with Crippen LogP contribution in [0.3, 0.4) is 0 Å². The maximum atomic E-state index is 12.9. The fourth-order valence-corrected chi connectivity index (χ4v) is 3.59. The zero-order valence-electron chi connectivity index (χ0n) is 15.4. The van der Waals surface area contributed by atoms with Crippen LogP contribution in [0.25, 0.3) is 11.3 Å². The molecule has 2 heterocycles. The molecular weight excluding hydrogens is 338 g/mol. The molecule has 0 radical (unpaired) electrons. The van der Waals surface area contributed by atoms with E-state index in [-0.39, 0.29) is 24.1 Å². The summed E-state index contributed by atoms with van der Waals surface area (Å²) in [6.07, 6.45) is 2.30. The Labute approximate surface area is 157 Å². The minimum atomic E-state index is -0.228. The van der Waals surface area contributed by atoms with E-state index < -0.39 is 0 Å². The van der Waals surface area contributed by atoms with Crippen LogP contribution in [0.15, 0.2) is 65.7 Å². The molecule has 0 saturated carbocycles. The molecule has 27 heavy (non-hydrogen) atoms. The molecule has 1 amide bonds. The maximum absolute atomic E-state index is 12.9. The number of hydrogen-bond acceptors (Lipinski definition) is 3. The molecule has 2 aromatic carbocycles. The third kappa shape index (κ3) is 3.28. The summed E-state index contributed by atoms with van der Waals surface area (Å²) in [5.41, 5.74) is 4.53. The number of anilines is 1. The van der Waals surface area contributed by atoms with E-state index in [0.717, 1.165) is 23.2 Å². The topological polar surface area (TPSA) is 55.2 Å². The van der Waals surface area contributed by atoms with Gasteiger partial charge in [0.2, 0.25) is 5.91 Å². The summed E-state index contributed by atoms with van der Waals surface area (Å²) in [5.74, 6) is -0.0977. The second-order valence-corrected chi connectivity index (χ2v) is 7.05. The molecule has 0 fully saturated rings. The number of nitrogens with zero attached hydrogens (tertiary/aromatic N) is 3. The van der Waals surface area contributed by atoms with Gasteiger partial charge in [0.15, 0.2) is 0 Å². The quantitative estimate of drug-likeness (QED) is 0.722. The van der Waals surface area contributed by atoms with Gasteiger partial charge in [-0.15, -0.1) is 0 Å². The number of para-hydroxylation sites is 1. The van der Waals surface area contributed by atoms with Gasteiger partial charge >= 0.3 is 0 Å². The highest BCUT2D eigenvalue weighted by Gasteiger charge is 2.30. The van der Waals surface area contributed by atoms with Crippen LogP contribution in [-0.4, -0.2) is 21.5 Å². The highest BCUT2D eigenvalue weighted by Crippen LogP contribution is 2.31. The van der Waals surface area contributed by atoms with Crippen molar-refractivity contribution in [1.82, 2.24) is 9.55 Å². The van der Waals surface area contributed by atoms with Crippen LogP contribution < -0.4 is 10.5 Å². The van der Waals surface area contributed by atoms with Gasteiger partial charge in [-0.2, -0.15) is 0 Å². The zero-order chi connectivity index (χ0) is 19.0. The third-order valence-corrected chi connectivity index (χ3v) is 5.01. The van der Waals surface area contributed by atoms with E-state index in [1.807, 2.05) is 62.4 Å². The summed E-state index contributed by atoms with van der Waals surface area (Å²) in [6, 6.07) is 17.3. The first-order chi connectivity index (χ1) is 13.0. The number of hydrogen-bond donors (Lipinski definition) is 0. The predicted molar refractivity (Wildman–Crippen MR) is 106 cm³/mol. The molecule has 0 N–H and O–H groups in total. The smallest absolute Gasteiger partial charge is 0.254 e. The van der Waals surface area contributed by atoms with E-state index in [0.29, 0.717) is 5.69 Å². The molecule has 1 aromatic heterocycles. The lowest BCUT2D eigenvalue weighted by Gasteiger charge is -2.23. The van der Waals surface area contributed by atoms with Gasteiger partial charge in [-0.3, -0.25) is 14.2 Å². The van der Waals surface area contributed by atoms with Gasteiger partial charge in [0.25, 0.3) is 5.56 Å². The average molecular weight is 359 g/mol. The first-order valence-electron chi connectivity index (χ1n) is 9.06. The van der Waals surface area contributed by atoms with Crippen molar-refractivity contribution in [2.75, 3.05) is 4.90 Å². The number of rotatable bonds is 3. The molecule has 5 nitrogen and oxygen atoms in total. The Hall–Kier alpha value is -3.21. The van der Waals surface area contributed by atoms with Gasteiger partial charge in [-0.05, 0) is 31.9 Å². The maximum Gasteiger partial charge on any atom is 0.254 e. The number of carbonyl (C=O) groups is 1. The molecule has 0 unspecified atom stereocenters. The molecule has 0 bridgehead atoms. The van der Waals surface area contributed by atoms with Crippen molar-refractivity contribution in [2.45, 2.75) is 32.9 Å². The summed E-state index contributed by atoms with van der Waals surface area (Å²) >= 11 is 0. The van der Waals surface area contributed by atoms with Gasteiger partial charge in [-0.1, -0.05) is 48.0 Å². The summed E-state index contributed by atoms with van der Waals surface area (Å²) in [7, 11) is 0. The van der Waals surface area contributed by atoms with E-state index in [1.165, 1.54) is 22.5 Å². The summed E-state index contributed by atoms with van der Waals surface area (Å²) in [4.78, 5) is 31.5. The van der Waals surface area contributed by atoms with Gasteiger partial charge < -0.3 is 4.90 Å². The van der Waals surface area contributed by atoms with Crippen molar-refractivity contribution in [3.63, 3.8) is 0 Å². The van der Waals surface area contributed by atoms with Crippen LogP contribution in [0.5, 0.6) is 0 Å². The molecule has 0 aliphatic carbocycles. The van der Waals surface area contributed by atoms with E-state index in [4.69, 9.17) is 0 Å². The van der Waals surface area contributed by atoms with Gasteiger partial charge in [-0.25, -0.2) is 4.98 Å². The summed E-state index contributed by atoms with van der Waals surface area (Å²) in [5, 5.41) is 0. The lowest BCUT2D eigenvalue weighted by molar-refractivity contribution is -0.119.